The van der Waals surface area contributed by atoms with Gasteiger partial charge in [0.05, 0.1) is 5.92 Å². The van der Waals surface area contributed by atoms with Crippen molar-refractivity contribution in [3.05, 3.63) is 24.3 Å². The predicted octanol–water partition coefficient (Wildman–Crippen LogP) is 3.53. The van der Waals surface area contributed by atoms with Crippen LogP contribution in [0.15, 0.2) is 29.2 Å². The van der Waals surface area contributed by atoms with Gasteiger partial charge in [-0.1, -0.05) is 26.7 Å². The molecule has 0 aliphatic heterocycles. The first-order valence-corrected chi connectivity index (χ1v) is 12.8. The Kier molecular flexibility index (Phi) is 13.8. The number of carbonyl (C=O) groups is 4. The van der Waals surface area contributed by atoms with Crippen molar-refractivity contribution in [3.8, 4) is 5.75 Å². The second-order valence-corrected chi connectivity index (χ2v) is 9.88. The summed E-state index contributed by atoms with van der Waals surface area (Å²) in [5.41, 5.74) is 2.39. The number of nitrogens with one attached hydrogen (secondary N) is 2. The van der Waals surface area contributed by atoms with Gasteiger partial charge in [0, 0.05) is 37.6 Å². The third-order valence-electron chi connectivity index (χ3n) is 5.17. The molecule has 0 bridgehead atoms. The Labute approximate surface area is 211 Å². The monoisotopic (exact) mass is 510 g/mol. The highest BCUT2D eigenvalue weighted by atomic mass is 32.2. The molecule has 0 saturated heterocycles. The summed E-state index contributed by atoms with van der Waals surface area (Å²) in [5, 5.41) is 23.5. The van der Waals surface area contributed by atoms with Crippen molar-refractivity contribution >= 4 is 35.5 Å². The third kappa shape index (κ3) is 12.5. The molecule has 4 N–H and O–H groups in total. The molecule has 0 radical (unpaired) electrons. The van der Waals surface area contributed by atoms with E-state index in [2.05, 4.69) is 10.7 Å². The molecule has 0 aliphatic rings. The van der Waals surface area contributed by atoms with Gasteiger partial charge < -0.3 is 10.4 Å². The minimum atomic E-state index is -0.874. The summed E-state index contributed by atoms with van der Waals surface area (Å²) in [6.07, 6.45) is 3.36. The standard InChI is InChI=1S/C24H38N4O6S/c1-17(2)9-10-19(16-35-21-13-11-20(30)12-14-21)23(32)28(34)24(33)25-15-7-5-6-8-22(31)27(4)26-18(3)29/h11-14,17,19,30,34H,5-10,15-16H2,1-4H3,(H,25,33)(H,26,29)/t19-/m1/s1. The van der Waals surface area contributed by atoms with Gasteiger partial charge in [-0.3, -0.25) is 30.0 Å². The number of hydrogen-bond acceptors (Lipinski definition) is 7. The molecule has 0 saturated carbocycles. The van der Waals surface area contributed by atoms with Gasteiger partial charge in [0.25, 0.3) is 5.91 Å². The van der Waals surface area contributed by atoms with E-state index in [0.29, 0.717) is 37.4 Å². The number of nitrogens with zero attached hydrogens (tertiary/aromatic N) is 2. The molecule has 1 rings (SSSR count). The minimum absolute atomic E-state index is 0.156. The van der Waals surface area contributed by atoms with E-state index < -0.39 is 17.9 Å². The number of unbranched alkanes of at least 4 members (excludes halogenated alkanes) is 2. The maximum absolute atomic E-state index is 12.8. The Balaban J connectivity index is 2.46. The first-order valence-electron chi connectivity index (χ1n) is 11.8. The van der Waals surface area contributed by atoms with E-state index in [1.54, 1.807) is 24.3 Å². The predicted molar refractivity (Wildman–Crippen MR) is 133 cm³/mol. The Morgan fingerprint density at radius 1 is 1.03 bits per heavy atom. The number of amides is 5. The van der Waals surface area contributed by atoms with Gasteiger partial charge in [0.15, 0.2) is 0 Å². The number of thioether (sulfide) groups is 1. The van der Waals surface area contributed by atoms with E-state index in [1.165, 1.54) is 25.7 Å². The minimum Gasteiger partial charge on any atom is -0.508 e. The van der Waals surface area contributed by atoms with Gasteiger partial charge in [0.1, 0.15) is 5.75 Å². The zero-order valence-corrected chi connectivity index (χ0v) is 21.8. The second kappa shape index (κ2) is 16.0. The number of carbonyl (C=O) groups excluding carboxylic acids is 4. The van der Waals surface area contributed by atoms with Gasteiger partial charge in [-0.2, -0.15) is 0 Å². The van der Waals surface area contributed by atoms with Crippen LogP contribution in [0.2, 0.25) is 0 Å². The van der Waals surface area contributed by atoms with Gasteiger partial charge in [-0.25, -0.2) is 4.79 Å². The molecule has 0 spiro atoms. The van der Waals surface area contributed by atoms with Crippen LogP contribution in [-0.2, 0) is 14.4 Å². The lowest BCUT2D eigenvalue weighted by atomic mass is 9.98. The fourth-order valence-corrected chi connectivity index (χ4v) is 4.17. The first kappa shape index (κ1) is 30.2. The lowest BCUT2D eigenvalue weighted by Crippen LogP contribution is -2.45. The van der Waals surface area contributed by atoms with Gasteiger partial charge in [0.2, 0.25) is 11.8 Å². The number of benzene rings is 1. The van der Waals surface area contributed by atoms with E-state index in [1.807, 2.05) is 13.8 Å². The third-order valence-corrected chi connectivity index (χ3v) is 6.35. The van der Waals surface area contributed by atoms with Crippen molar-refractivity contribution < 1.29 is 29.5 Å². The van der Waals surface area contributed by atoms with E-state index >= 15 is 0 Å². The maximum Gasteiger partial charge on any atom is 0.348 e. The summed E-state index contributed by atoms with van der Waals surface area (Å²) < 4.78 is 0. The van der Waals surface area contributed by atoms with Crippen molar-refractivity contribution in [1.29, 1.82) is 0 Å². The van der Waals surface area contributed by atoms with Crippen molar-refractivity contribution in [2.75, 3.05) is 19.3 Å². The zero-order valence-electron chi connectivity index (χ0n) is 21.0. The molecule has 0 aliphatic carbocycles. The van der Waals surface area contributed by atoms with Gasteiger partial charge in [-0.05, 0) is 49.4 Å². The fourth-order valence-electron chi connectivity index (χ4n) is 3.14. The van der Waals surface area contributed by atoms with E-state index in [9.17, 15) is 29.5 Å². The molecule has 0 heterocycles. The largest absolute Gasteiger partial charge is 0.508 e. The number of phenols is 1. The molecular formula is C24H38N4O6S. The number of hydrazine groups is 1. The number of imide groups is 1. The average molecular weight is 511 g/mol. The summed E-state index contributed by atoms with van der Waals surface area (Å²) in [5.74, 6) is -0.814. The van der Waals surface area contributed by atoms with Crippen molar-refractivity contribution in [2.45, 2.75) is 64.2 Å². The zero-order chi connectivity index (χ0) is 26.4. The van der Waals surface area contributed by atoms with Crippen LogP contribution in [0, 0.1) is 11.8 Å². The molecular weight excluding hydrogens is 472 g/mol. The topological polar surface area (TPSA) is 139 Å². The lowest BCUT2D eigenvalue weighted by Gasteiger charge is -2.21. The lowest BCUT2D eigenvalue weighted by molar-refractivity contribution is -0.157. The SMILES string of the molecule is CC(=O)NN(C)C(=O)CCCCCNC(=O)N(O)C(=O)[C@H](CCC(C)C)CSc1ccc(O)cc1. The van der Waals surface area contributed by atoms with Crippen LogP contribution in [0.5, 0.6) is 5.75 Å². The molecule has 1 aromatic carbocycles. The smallest absolute Gasteiger partial charge is 0.348 e. The van der Waals surface area contributed by atoms with Crippen LogP contribution >= 0.6 is 11.8 Å². The van der Waals surface area contributed by atoms with Crippen LogP contribution in [0.1, 0.15) is 59.3 Å². The van der Waals surface area contributed by atoms with E-state index in [0.717, 1.165) is 16.3 Å². The number of phenolic OH excluding ortho intramolecular Hbond substituents is 1. The second-order valence-electron chi connectivity index (χ2n) is 8.79. The van der Waals surface area contributed by atoms with Crippen LogP contribution < -0.4 is 10.7 Å². The van der Waals surface area contributed by atoms with Crippen LogP contribution in [-0.4, -0.2) is 63.5 Å². The normalized spacial score (nSPS) is 11.6. The maximum atomic E-state index is 12.8. The molecule has 10 nitrogen and oxygen atoms in total. The molecule has 11 heteroatoms. The Hall–Kier alpha value is -2.79. The highest BCUT2D eigenvalue weighted by molar-refractivity contribution is 7.99. The number of aromatic hydroxyl groups is 1. The molecule has 1 atom stereocenters. The highest BCUT2D eigenvalue weighted by Crippen LogP contribution is 2.26. The first-order chi connectivity index (χ1) is 16.5. The summed E-state index contributed by atoms with van der Waals surface area (Å²) in [6, 6.07) is 5.75. The molecule has 35 heavy (non-hydrogen) atoms. The van der Waals surface area contributed by atoms with Crippen molar-refractivity contribution in [1.82, 2.24) is 20.8 Å². The van der Waals surface area contributed by atoms with E-state index in [4.69, 9.17) is 0 Å². The molecule has 1 aromatic rings. The van der Waals surface area contributed by atoms with Crippen molar-refractivity contribution in [3.63, 3.8) is 0 Å². The number of hydroxylamine groups is 2. The average Bonchev–Trinajstić information content (AvgIpc) is 2.80. The molecule has 5 amide bonds. The summed E-state index contributed by atoms with van der Waals surface area (Å²) in [4.78, 5) is 48.8. The summed E-state index contributed by atoms with van der Waals surface area (Å²) in [6.45, 7) is 5.66. The number of urea groups is 1. The fraction of sp³-hybridized carbons (Fsp3) is 0.583. The Morgan fingerprint density at radius 3 is 2.29 bits per heavy atom. The Morgan fingerprint density at radius 2 is 1.69 bits per heavy atom. The van der Waals surface area contributed by atoms with Crippen molar-refractivity contribution in [2.24, 2.45) is 11.8 Å². The molecule has 0 unspecified atom stereocenters. The van der Waals surface area contributed by atoms with Gasteiger partial charge in [-0.15, -0.1) is 16.8 Å². The quantitative estimate of drug-likeness (QED) is 0.138. The van der Waals surface area contributed by atoms with E-state index in [-0.39, 0.29) is 35.6 Å². The molecule has 0 fully saturated rings. The van der Waals surface area contributed by atoms with Crippen LogP contribution in [0.3, 0.4) is 0 Å². The number of rotatable bonds is 13. The summed E-state index contributed by atoms with van der Waals surface area (Å²) >= 11 is 1.43. The molecule has 196 valence electrons. The van der Waals surface area contributed by atoms with Crippen LogP contribution in [0.4, 0.5) is 4.79 Å². The highest BCUT2D eigenvalue weighted by Gasteiger charge is 2.28. The molecule has 0 aromatic heterocycles. The summed E-state index contributed by atoms with van der Waals surface area (Å²) in [7, 11) is 1.48. The van der Waals surface area contributed by atoms with Gasteiger partial charge >= 0.3 is 6.03 Å². The van der Waals surface area contributed by atoms with Crippen LogP contribution in [0.25, 0.3) is 0 Å². The Bertz CT molecular complexity index is 834. The number of hydrogen-bond donors (Lipinski definition) is 4.